The van der Waals surface area contributed by atoms with Crippen molar-refractivity contribution in [2.24, 2.45) is 0 Å². The van der Waals surface area contributed by atoms with Gasteiger partial charge in [-0.15, -0.1) is 0 Å². The normalized spacial score (nSPS) is 15.6. The quantitative estimate of drug-likeness (QED) is 0.345. The van der Waals surface area contributed by atoms with Crippen LogP contribution in [0.25, 0.3) is 5.52 Å². The van der Waals surface area contributed by atoms with Crippen molar-refractivity contribution in [3.8, 4) is 0 Å². The van der Waals surface area contributed by atoms with Crippen LogP contribution in [0.2, 0.25) is 5.02 Å². The first kappa shape index (κ1) is 19.6. The van der Waals surface area contributed by atoms with E-state index in [-0.39, 0.29) is 16.4 Å². The lowest BCUT2D eigenvalue weighted by Gasteiger charge is -2.14. The topological polar surface area (TPSA) is 77.0 Å². The zero-order valence-corrected chi connectivity index (χ0v) is 16.6. The second kappa shape index (κ2) is 7.46. The van der Waals surface area contributed by atoms with Crippen molar-refractivity contribution < 1.29 is 8.78 Å². The molecule has 3 rings (SSSR count). The number of hydrogen-bond acceptors (Lipinski definition) is 6. The van der Waals surface area contributed by atoms with Crippen LogP contribution in [0.3, 0.4) is 0 Å². The molecule has 140 valence electrons. The smallest absolute Gasteiger partial charge is 0.285 e. The Hall–Kier alpha value is -1.16. The fraction of sp³-hybridized carbons (Fsp3) is 0.438. The maximum absolute atomic E-state index is 12.6. The lowest BCUT2D eigenvalue weighted by Crippen LogP contribution is -2.23. The van der Waals surface area contributed by atoms with Gasteiger partial charge in [-0.05, 0) is 56.0 Å². The molecule has 0 unspecified atom stereocenters. The minimum Gasteiger partial charge on any atom is -0.295 e. The van der Waals surface area contributed by atoms with Gasteiger partial charge in [0.05, 0.1) is 16.2 Å². The summed E-state index contributed by atoms with van der Waals surface area (Å²) in [7, 11) is 0. The molecule has 1 aliphatic rings. The van der Waals surface area contributed by atoms with Crippen LogP contribution >= 0.6 is 35.3 Å². The number of thioether (sulfide) groups is 1. The van der Waals surface area contributed by atoms with Gasteiger partial charge >= 0.3 is 0 Å². The Balaban J connectivity index is 1.91. The Morgan fingerprint density at radius 1 is 1.46 bits per heavy atom. The zero-order chi connectivity index (χ0) is 19.1. The lowest BCUT2D eigenvalue weighted by molar-refractivity contribution is 0.228. The first-order chi connectivity index (χ1) is 12.3. The molecule has 0 bridgehead atoms. The number of rotatable bonds is 6. The Labute approximate surface area is 163 Å². The molecule has 5 nitrogen and oxygen atoms in total. The highest BCUT2D eigenvalue weighted by molar-refractivity contribution is 8.26. The second-order valence-corrected chi connectivity index (χ2v) is 8.54. The minimum atomic E-state index is -2.91. The molecule has 0 atom stereocenters. The number of alkyl halides is 2. The number of nitrogens with zero attached hydrogens (tertiary/aromatic N) is 2. The van der Waals surface area contributed by atoms with Crippen molar-refractivity contribution >= 4 is 50.9 Å². The molecule has 26 heavy (non-hydrogen) atoms. The Morgan fingerprint density at radius 3 is 2.73 bits per heavy atom. The predicted molar refractivity (Wildman–Crippen MR) is 104 cm³/mol. The highest BCUT2D eigenvalue weighted by atomic mass is 35.5. The maximum atomic E-state index is 12.6. The number of pyridine rings is 1. The van der Waals surface area contributed by atoms with Crippen LogP contribution in [-0.2, 0) is 0 Å². The van der Waals surface area contributed by atoms with Gasteiger partial charge in [0.15, 0.2) is 5.82 Å². The molecule has 0 aromatic carbocycles. The molecule has 2 heterocycles. The summed E-state index contributed by atoms with van der Waals surface area (Å²) in [6, 6.07) is 1.83. The molecule has 3 N–H and O–H groups in total. The molecule has 1 saturated carbocycles. The zero-order valence-electron chi connectivity index (χ0n) is 14.2. The van der Waals surface area contributed by atoms with Crippen molar-refractivity contribution in [2.45, 2.75) is 50.0 Å². The summed E-state index contributed by atoms with van der Waals surface area (Å²) in [5.74, 6) is 0.203. The van der Waals surface area contributed by atoms with Crippen LogP contribution in [0.15, 0.2) is 17.2 Å². The van der Waals surface area contributed by atoms with Gasteiger partial charge < -0.3 is 0 Å². The maximum Gasteiger partial charge on any atom is 0.285 e. The van der Waals surface area contributed by atoms with Gasteiger partial charge in [-0.2, -0.15) is 0 Å². The monoisotopic (exact) mass is 417 g/mol. The number of imidazole rings is 1. The average molecular weight is 418 g/mol. The molecular weight excluding hydrogens is 400 g/mol. The fourth-order valence-corrected chi connectivity index (χ4v) is 4.55. The van der Waals surface area contributed by atoms with Crippen molar-refractivity contribution in [1.82, 2.24) is 14.1 Å². The van der Waals surface area contributed by atoms with Crippen LogP contribution < -0.4 is 4.72 Å². The largest absolute Gasteiger partial charge is 0.295 e. The number of fused-ring (bicyclic) bond motifs is 1. The van der Waals surface area contributed by atoms with E-state index in [1.807, 2.05) is 6.07 Å². The Kier molecular flexibility index (Phi) is 5.62. The van der Waals surface area contributed by atoms with Crippen LogP contribution in [0, 0.1) is 17.7 Å². The first-order valence-electron chi connectivity index (χ1n) is 8.02. The molecule has 1 aliphatic carbocycles. The standard InChI is InChI=1S/C16H18ClF2N5S2/c1-3-16(4-5-16)23-26-9-6-10(17)11-8(2)22-15(24(11)7-9)14(21)25-13(20)12(18)19/h6-7,12,20-21,23H,3-5H2,1-2H3. The summed E-state index contributed by atoms with van der Waals surface area (Å²) in [4.78, 5) is 5.15. The number of halogens is 3. The number of aromatic nitrogens is 2. The van der Waals surface area contributed by atoms with E-state index in [0.29, 0.717) is 28.0 Å². The van der Waals surface area contributed by atoms with Gasteiger partial charge in [0.1, 0.15) is 10.1 Å². The molecule has 0 aliphatic heterocycles. The summed E-state index contributed by atoms with van der Waals surface area (Å²) in [6.45, 7) is 3.90. The van der Waals surface area contributed by atoms with E-state index < -0.39 is 11.5 Å². The van der Waals surface area contributed by atoms with Gasteiger partial charge in [0.25, 0.3) is 6.43 Å². The van der Waals surface area contributed by atoms with Crippen LogP contribution in [0.5, 0.6) is 0 Å². The SMILES string of the molecule is CCC1(NSc2cc(Cl)c3c(C)nc(C(=N)SC(=N)C(F)F)n3c2)CC1. The summed E-state index contributed by atoms with van der Waals surface area (Å²) >= 11 is 8.27. The first-order valence-corrected chi connectivity index (χ1v) is 10.0. The third-order valence-electron chi connectivity index (χ3n) is 4.37. The molecule has 10 heteroatoms. The van der Waals surface area contributed by atoms with E-state index in [1.165, 1.54) is 11.9 Å². The molecular formula is C16H18ClF2N5S2. The second-order valence-electron chi connectivity index (χ2n) is 6.20. The predicted octanol–water partition coefficient (Wildman–Crippen LogP) is 5.14. The van der Waals surface area contributed by atoms with Gasteiger partial charge in [0, 0.05) is 16.6 Å². The molecule has 0 amide bonds. The van der Waals surface area contributed by atoms with Crippen molar-refractivity contribution in [2.75, 3.05) is 0 Å². The molecule has 2 aromatic rings. The van der Waals surface area contributed by atoms with Gasteiger partial charge in [0.2, 0.25) is 0 Å². The summed E-state index contributed by atoms with van der Waals surface area (Å²) in [5, 5.41) is 14.7. The summed E-state index contributed by atoms with van der Waals surface area (Å²) in [5.41, 5.74) is 1.42. The van der Waals surface area contributed by atoms with Crippen molar-refractivity contribution in [3.05, 3.63) is 28.8 Å². The highest BCUT2D eigenvalue weighted by Crippen LogP contribution is 2.41. The third-order valence-corrected chi connectivity index (χ3v) is 6.43. The van der Waals surface area contributed by atoms with Crippen LogP contribution in [-0.4, -0.2) is 31.4 Å². The summed E-state index contributed by atoms with van der Waals surface area (Å²) in [6.07, 6.45) is 2.21. The molecule has 0 spiro atoms. The minimum absolute atomic E-state index is 0.175. The van der Waals surface area contributed by atoms with Crippen LogP contribution in [0.1, 0.15) is 37.7 Å². The molecule has 1 fully saturated rings. The van der Waals surface area contributed by atoms with E-state index in [2.05, 4.69) is 16.6 Å². The fourth-order valence-electron chi connectivity index (χ4n) is 2.58. The Bertz CT molecular complexity index is 879. The molecule has 0 radical (unpaired) electrons. The third kappa shape index (κ3) is 3.90. The van der Waals surface area contributed by atoms with Gasteiger partial charge in [-0.1, -0.05) is 18.5 Å². The average Bonchev–Trinajstić information content (AvgIpc) is 3.29. The van der Waals surface area contributed by atoms with E-state index in [0.717, 1.165) is 24.2 Å². The summed E-state index contributed by atoms with van der Waals surface area (Å²) < 4.78 is 30.3. The number of hydrogen-bond donors (Lipinski definition) is 3. The number of aryl methyl sites for hydroxylation is 1. The molecule has 0 saturated heterocycles. The Morgan fingerprint density at radius 2 is 2.15 bits per heavy atom. The van der Waals surface area contributed by atoms with Crippen LogP contribution in [0.4, 0.5) is 8.78 Å². The van der Waals surface area contributed by atoms with E-state index in [9.17, 15) is 8.78 Å². The number of nitrogens with one attached hydrogen (secondary N) is 3. The van der Waals surface area contributed by atoms with Gasteiger partial charge in [-0.25, -0.2) is 13.8 Å². The van der Waals surface area contributed by atoms with Crippen molar-refractivity contribution in [3.63, 3.8) is 0 Å². The molecule has 2 aromatic heterocycles. The van der Waals surface area contributed by atoms with Gasteiger partial charge in [-0.3, -0.25) is 19.9 Å². The van der Waals surface area contributed by atoms with E-state index >= 15 is 0 Å². The lowest BCUT2D eigenvalue weighted by atomic mass is 10.2. The van der Waals surface area contributed by atoms with Crippen molar-refractivity contribution in [1.29, 1.82) is 10.8 Å². The highest BCUT2D eigenvalue weighted by Gasteiger charge is 2.40. The van der Waals surface area contributed by atoms with E-state index in [1.54, 1.807) is 17.5 Å². The van der Waals surface area contributed by atoms with E-state index in [4.69, 9.17) is 22.4 Å².